The number of hydrogen-bond acceptors (Lipinski definition) is 4. The number of hydrogen-bond donors (Lipinski definition) is 2. The maximum atomic E-state index is 11.8. The predicted molar refractivity (Wildman–Crippen MR) is 171 cm³/mol. The number of nitrogens with one attached hydrogen (secondary N) is 1. The van der Waals surface area contributed by atoms with Gasteiger partial charge in [0.2, 0.25) is 0 Å². The van der Waals surface area contributed by atoms with Crippen molar-refractivity contribution in [2.75, 3.05) is 26.3 Å². The molecule has 0 saturated heterocycles. The van der Waals surface area contributed by atoms with Gasteiger partial charge in [-0.15, -0.1) is 0 Å². The van der Waals surface area contributed by atoms with Crippen LogP contribution < -0.4 is 20.5 Å². The van der Waals surface area contributed by atoms with E-state index < -0.39 is 0 Å². The number of carbonyl (C=O) groups is 1. The second-order valence-corrected chi connectivity index (χ2v) is 10.0. The van der Waals surface area contributed by atoms with Crippen LogP contribution in [0.4, 0.5) is 0 Å². The highest BCUT2D eigenvalue weighted by Crippen LogP contribution is 2.19. The summed E-state index contributed by atoms with van der Waals surface area (Å²) in [7, 11) is 0. The molecule has 218 valence electrons. The lowest BCUT2D eigenvalue weighted by atomic mass is 10.1. The molecule has 0 bridgehead atoms. The third-order valence-corrected chi connectivity index (χ3v) is 6.11. The third kappa shape index (κ3) is 13.7. The van der Waals surface area contributed by atoms with Crippen molar-refractivity contribution in [3.8, 4) is 11.5 Å². The van der Waals surface area contributed by atoms with E-state index in [1.807, 2.05) is 73.7 Å². The van der Waals surface area contributed by atoms with E-state index >= 15 is 0 Å². The molecule has 0 atom stereocenters. The van der Waals surface area contributed by atoms with Gasteiger partial charge in [0.25, 0.3) is 5.91 Å². The van der Waals surface area contributed by atoms with Crippen molar-refractivity contribution in [3.63, 3.8) is 0 Å². The summed E-state index contributed by atoms with van der Waals surface area (Å²) in [6, 6.07) is 31.8. The molecule has 0 aromatic heterocycles. The van der Waals surface area contributed by atoms with Crippen LogP contribution in [-0.4, -0.2) is 32.2 Å². The summed E-state index contributed by atoms with van der Waals surface area (Å²) in [5, 5.41) is 2.89. The lowest BCUT2D eigenvalue weighted by molar-refractivity contribution is 0.0951. The van der Waals surface area contributed by atoms with Gasteiger partial charge in [0.05, 0.1) is 13.2 Å². The van der Waals surface area contributed by atoms with E-state index in [9.17, 15) is 4.79 Å². The van der Waals surface area contributed by atoms with Crippen LogP contribution in [0.2, 0.25) is 0 Å². The molecule has 0 heterocycles. The Hall–Kier alpha value is -4.09. The second-order valence-electron chi connectivity index (χ2n) is 10.0. The van der Waals surface area contributed by atoms with E-state index in [1.165, 1.54) is 22.3 Å². The fraction of sp³-hybridized carbons (Fsp3) is 0.306. The van der Waals surface area contributed by atoms with Gasteiger partial charge in [-0.25, -0.2) is 0 Å². The maximum Gasteiger partial charge on any atom is 0.251 e. The molecule has 0 saturated carbocycles. The molecule has 41 heavy (non-hydrogen) atoms. The number of rotatable bonds is 10. The average Bonchev–Trinajstić information content (AvgIpc) is 2.96. The van der Waals surface area contributed by atoms with Crippen molar-refractivity contribution in [2.24, 2.45) is 5.73 Å². The van der Waals surface area contributed by atoms with E-state index in [2.05, 4.69) is 63.3 Å². The quantitative estimate of drug-likeness (QED) is 0.199. The standard InChI is InChI=1S/C18H21NO2.C11H17NO.C7H8/c1-14-9-10-17(15(2)13-14)21-12-6-11-19-18(20)16-7-4-3-5-8-16;1-9-4-5-11(10(2)8-9)13-7-3-6-12;1-7-5-3-2-4-6-7/h3-5,7-10,13H,6,11-12H2,1-2H3,(H,19,20);4-5,8H,3,6-7,12H2,1-2H3;2-6H,1H3. The smallest absolute Gasteiger partial charge is 0.251 e. The van der Waals surface area contributed by atoms with Gasteiger partial charge in [0.1, 0.15) is 11.5 Å². The van der Waals surface area contributed by atoms with Crippen LogP contribution in [0, 0.1) is 34.6 Å². The zero-order valence-corrected chi connectivity index (χ0v) is 25.3. The van der Waals surface area contributed by atoms with Crippen LogP contribution in [0.5, 0.6) is 11.5 Å². The molecule has 4 rings (SSSR count). The summed E-state index contributed by atoms with van der Waals surface area (Å²) >= 11 is 0. The molecular formula is C36H46N2O3. The highest BCUT2D eigenvalue weighted by molar-refractivity contribution is 5.94. The number of benzene rings is 4. The average molecular weight is 555 g/mol. The van der Waals surface area contributed by atoms with Crippen LogP contribution in [0.15, 0.2) is 97.1 Å². The molecule has 4 aromatic carbocycles. The zero-order valence-electron chi connectivity index (χ0n) is 25.3. The Morgan fingerprint density at radius 3 is 1.56 bits per heavy atom. The van der Waals surface area contributed by atoms with Gasteiger partial charge < -0.3 is 20.5 Å². The van der Waals surface area contributed by atoms with Gasteiger partial charge in [-0.3, -0.25) is 4.79 Å². The third-order valence-electron chi connectivity index (χ3n) is 6.11. The van der Waals surface area contributed by atoms with Crippen molar-refractivity contribution in [3.05, 3.63) is 130 Å². The van der Waals surface area contributed by atoms with Crippen molar-refractivity contribution in [1.29, 1.82) is 0 Å². The van der Waals surface area contributed by atoms with Crippen LogP contribution in [0.1, 0.15) is 51.0 Å². The first-order valence-electron chi connectivity index (χ1n) is 14.2. The lowest BCUT2D eigenvalue weighted by Gasteiger charge is -2.10. The highest BCUT2D eigenvalue weighted by Gasteiger charge is 2.04. The Morgan fingerprint density at radius 1 is 0.634 bits per heavy atom. The van der Waals surface area contributed by atoms with Crippen molar-refractivity contribution < 1.29 is 14.3 Å². The Labute approximate surface area is 246 Å². The van der Waals surface area contributed by atoms with E-state index in [-0.39, 0.29) is 5.91 Å². The minimum absolute atomic E-state index is 0.0397. The summed E-state index contributed by atoms with van der Waals surface area (Å²) in [5.74, 6) is 1.84. The number of nitrogens with two attached hydrogens (primary N) is 1. The number of ether oxygens (including phenoxy) is 2. The first kappa shape index (κ1) is 33.1. The molecule has 0 fully saturated rings. The molecule has 5 heteroatoms. The number of aryl methyl sites for hydroxylation is 5. The van der Waals surface area contributed by atoms with Crippen molar-refractivity contribution in [1.82, 2.24) is 5.32 Å². The molecule has 1 amide bonds. The SMILES string of the molecule is Cc1ccc(OCCCN)c(C)c1.Cc1ccc(OCCCNC(=O)c2ccccc2)c(C)c1.Cc1ccccc1. The van der Waals surface area contributed by atoms with Crippen LogP contribution >= 0.6 is 0 Å². The van der Waals surface area contributed by atoms with E-state index in [1.54, 1.807) is 0 Å². The van der Waals surface area contributed by atoms with Gasteiger partial charge in [-0.05, 0) is 89.4 Å². The Kier molecular flexibility index (Phi) is 15.4. The molecule has 0 aliphatic carbocycles. The minimum atomic E-state index is -0.0397. The summed E-state index contributed by atoms with van der Waals surface area (Å²) in [6.45, 7) is 12.9. The monoisotopic (exact) mass is 554 g/mol. The normalized spacial score (nSPS) is 9.90. The molecule has 0 spiro atoms. The number of carbonyl (C=O) groups excluding carboxylic acids is 1. The molecule has 5 nitrogen and oxygen atoms in total. The zero-order chi connectivity index (χ0) is 29.9. The van der Waals surface area contributed by atoms with Gasteiger partial charge in [-0.2, -0.15) is 0 Å². The van der Waals surface area contributed by atoms with E-state index in [0.29, 0.717) is 31.9 Å². The maximum absolute atomic E-state index is 11.8. The fourth-order valence-electron chi connectivity index (χ4n) is 3.87. The topological polar surface area (TPSA) is 73.6 Å². The lowest BCUT2D eigenvalue weighted by Crippen LogP contribution is -2.25. The van der Waals surface area contributed by atoms with Crippen LogP contribution in [0.3, 0.4) is 0 Å². The van der Waals surface area contributed by atoms with Crippen molar-refractivity contribution in [2.45, 2.75) is 47.5 Å². The second kappa shape index (κ2) is 19.1. The molecule has 4 aromatic rings. The van der Waals surface area contributed by atoms with Gasteiger partial charge >= 0.3 is 0 Å². The van der Waals surface area contributed by atoms with E-state index in [4.69, 9.17) is 15.2 Å². The Bertz CT molecular complexity index is 1290. The van der Waals surface area contributed by atoms with Gasteiger partial charge in [-0.1, -0.05) is 89.5 Å². The summed E-state index contributed by atoms with van der Waals surface area (Å²) in [6.07, 6.45) is 1.69. The largest absolute Gasteiger partial charge is 0.493 e. The van der Waals surface area contributed by atoms with Crippen molar-refractivity contribution >= 4 is 5.91 Å². The fourth-order valence-corrected chi connectivity index (χ4v) is 3.87. The Balaban J connectivity index is 0.000000248. The molecule has 0 radical (unpaired) electrons. The number of amides is 1. The first-order valence-corrected chi connectivity index (χ1v) is 14.2. The summed E-state index contributed by atoms with van der Waals surface area (Å²) < 4.78 is 11.3. The van der Waals surface area contributed by atoms with E-state index in [0.717, 1.165) is 29.9 Å². The molecule has 0 aliphatic rings. The molecule has 0 aliphatic heterocycles. The molecule has 0 unspecified atom stereocenters. The highest BCUT2D eigenvalue weighted by atomic mass is 16.5. The summed E-state index contributed by atoms with van der Waals surface area (Å²) in [4.78, 5) is 11.8. The Morgan fingerprint density at radius 2 is 1.12 bits per heavy atom. The predicted octanol–water partition coefficient (Wildman–Crippen LogP) is 7.53. The van der Waals surface area contributed by atoms with Gasteiger partial charge in [0.15, 0.2) is 0 Å². The van der Waals surface area contributed by atoms with Crippen LogP contribution in [-0.2, 0) is 0 Å². The summed E-state index contributed by atoms with van der Waals surface area (Å²) in [5.41, 5.74) is 12.2. The minimum Gasteiger partial charge on any atom is -0.493 e. The molecule has 3 N–H and O–H groups in total. The molecular weight excluding hydrogens is 508 g/mol. The van der Waals surface area contributed by atoms with Gasteiger partial charge in [0, 0.05) is 12.1 Å². The first-order chi connectivity index (χ1) is 19.8. The van der Waals surface area contributed by atoms with Crippen LogP contribution in [0.25, 0.3) is 0 Å².